The lowest BCUT2D eigenvalue weighted by molar-refractivity contribution is -0.111. The molecule has 0 saturated carbocycles. The van der Waals surface area contributed by atoms with Gasteiger partial charge in [0.05, 0.1) is 6.26 Å². The van der Waals surface area contributed by atoms with E-state index < -0.39 is 0 Å². The van der Waals surface area contributed by atoms with Crippen molar-refractivity contribution >= 4 is 28.4 Å². The van der Waals surface area contributed by atoms with E-state index in [1.165, 1.54) is 6.08 Å². The number of benzene rings is 3. The molecule has 1 aromatic heterocycles. The van der Waals surface area contributed by atoms with Gasteiger partial charge in [0.25, 0.3) is 0 Å². The van der Waals surface area contributed by atoms with Gasteiger partial charge in [-0.05, 0) is 53.9 Å². The minimum Gasteiger partial charge on any atom is -0.465 e. The Labute approximate surface area is 156 Å². The van der Waals surface area contributed by atoms with Crippen LogP contribution in [0.3, 0.4) is 0 Å². The van der Waals surface area contributed by atoms with E-state index in [4.69, 9.17) is 9.15 Å². The molecule has 1 N–H and O–H groups in total. The Morgan fingerprint density at radius 1 is 0.889 bits per heavy atom. The van der Waals surface area contributed by atoms with E-state index in [1.54, 1.807) is 36.6 Å². The van der Waals surface area contributed by atoms with Crippen LogP contribution in [-0.2, 0) is 4.79 Å². The summed E-state index contributed by atoms with van der Waals surface area (Å²) in [4.78, 5) is 12.0. The summed E-state index contributed by atoms with van der Waals surface area (Å²) < 4.78 is 11.2. The zero-order chi connectivity index (χ0) is 18.5. The van der Waals surface area contributed by atoms with Crippen LogP contribution >= 0.6 is 0 Å². The number of furan rings is 1. The number of ether oxygens (including phenoxy) is 1. The summed E-state index contributed by atoms with van der Waals surface area (Å²) in [5.74, 6) is 1.90. The average molecular weight is 355 g/mol. The van der Waals surface area contributed by atoms with Gasteiger partial charge in [-0.15, -0.1) is 0 Å². The van der Waals surface area contributed by atoms with E-state index in [0.29, 0.717) is 17.2 Å². The zero-order valence-electron chi connectivity index (χ0n) is 14.5. The van der Waals surface area contributed by atoms with Crippen molar-refractivity contribution in [1.82, 2.24) is 0 Å². The smallest absolute Gasteiger partial charge is 0.248 e. The molecule has 27 heavy (non-hydrogen) atoms. The molecule has 0 unspecified atom stereocenters. The van der Waals surface area contributed by atoms with Gasteiger partial charge >= 0.3 is 0 Å². The molecule has 0 fully saturated rings. The molecule has 4 aromatic rings. The van der Waals surface area contributed by atoms with Crippen molar-refractivity contribution in [2.75, 3.05) is 5.32 Å². The minimum atomic E-state index is -0.228. The standard InChI is InChI=1S/C23H17NO3/c25-23(15-14-19-7-4-16-26-19)24-18-10-12-20(13-11-18)27-22-9-3-6-17-5-1-2-8-21(17)22/h1-16H,(H,24,25)/b15-14+. The van der Waals surface area contributed by atoms with Crippen molar-refractivity contribution in [2.24, 2.45) is 0 Å². The molecule has 0 bridgehead atoms. The average Bonchev–Trinajstić information content (AvgIpc) is 3.22. The Hall–Kier alpha value is -3.79. The van der Waals surface area contributed by atoms with E-state index in [0.717, 1.165) is 16.5 Å². The normalized spacial score (nSPS) is 11.0. The third-order valence-electron chi connectivity index (χ3n) is 4.04. The number of rotatable bonds is 5. The van der Waals surface area contributed by atoms with Gasteiger partial charge in [0.1, 0.15) is 17.3 Å². The highest BCUT2D eigenvalue weighted by molar-refractivity contribution is 6.01. The molecule has 0 atom stereocenters. The molecule has 0 aliphatic carbocycles. The number of fused-ring (bicyclic) bond motifs is 1. The fraction of sp³-hybridized carbons (Fsp3) is 0. The highest BCUT2D eigenvalue weighted by Gasteiger charge is 2.04. The van der Waals surface area contributed by atoms with Crippen LogP contribution in [-0.4, -0.2) is 5.91 Å². The maximum absolute atomic E-state index is 12.0. The van der Waals surface area contributed by atoms with E-state index in [-0.39, 0.29) is 5.91 Å². The van der Waals surface area contributed by atoms with Gasteiger partial charge in [0, 0.05) is 17.1 Å². The second kappa shape index (κ2) is 7.62. The van der Waals surface area contributed by atoms with E-state index in [2.05, 4.69) is 17.4 Å². The minimum absolute atomic E-state index is 0.228. The van der Waals surface area contributed by atoms with Crippen molar-refractivity contribution in [2.45, 2.75) is 0 Å². The Balaban J connectivity index is 1.43. The van der Waals surface area contributed by atoms with Gasteiger partial charge in [-0.25, -0.2) is 0 Å². The van der Waals surface area contributed by atoms with Gasteiger partial charge in [-0.2, -0.15) is 0 Å². The van der Waals surface area contributed by atoms with E-state index in [9.17, 15) is 4.79 Å². The molecular weight excluding hydrogens is 338 g/mol. The highest BCUT2D eigenvalue weighted by atomic mass is 16.5. The van der Waals surface area contributed by atoms with Crippen molar-refractivity contribution in [3.05, 3.63) is 97.0 Å². The number of carbonyl (C=O) groups excluding carboxylic acids is 1. The van der Waals surface area contributed by atoms with Gasteiger partial charge in [-0.1, -0.05) is 36.4 Å². The van der Waals surface area contributed by atoms with Crippen LogP contribution in [0.15, 0.2) is 95.6 Å². The summed E-state index contributed by atoms with van der Waals surface area (Å²) in [6.07, 6.45) is 4.61. The number of anilines is 1. The molecule has 1 heterocycles. The Bertz CT molecular complexity index is 1080. The summed E-state index contributed by atoms with van der Waals surface area (Å²) in [7, 11) is 0. The van der Waals surface area contributed by atoms with Gasteiger partial charge < -0.3 is 14.5 Å². The molecule has 0 aliphatic rings. The number of hydrogen-bond acceptors (Lipinski definition) is 3. The van der Waals surface area contributed by atoms with Crippen molar-refractivity contribution in [1.29, 1.82) is 0 Å². The van der Waals surface area contributed by atoms with E-state index in [1.807, 2.05) is 42.5 Å². The second-order valence-electron chi connectivity index (χ2n) is 5.94. The Morgan fingerprint density at radius 2 is 1.70 bits per heavy atom. The first-order valence-corrected chi connectivity index (χ1v) is 8.56. The number of amides is 1. The maximum atomic E-state index is 12.0. The molecule has 1 amide bonds. The van der Waals surface area contributed by atoms with Crippen LogP contribution in [0.1, 0.15) is 5.76 Å². The molecule has 4 rings (SSSR count). The number of nitrogens with one attached hydrogen (secondary N) is 1. The van der Waals surface area contributed by atoms with Crippen LogP contribution in [0, 0.1) is 0 Å². The fourth-order valence-corrected chi connectivity index (χ4v) is 2.75. The Kier molecular flexibility index (Phi) is 4.70. The van der Waals surface area contributed by atoms with Crippen molar-refractivity contribution in [3.8, 4) is 11.5 Å². The maximum Gasteiger partial charge on any atom is 0.248 e. The van der Waals surface area contributed by atoms with Crippen LogP contribution < -0.4 is 10.1 Å². The summed E-state index contributed by atoms with van der Waals surface area (Å²) in [5, 5.41) is 4.99. The summed E-state index contributed by atoms with van der Waals surface area (Å²) in [6.45, 7) is 0. The highest BCUT2D eigenvalue weighted by Crippen LogP contribution is 2.30. The molecule has 4 nitrogen and oxygen atoms in total. The number of hydrogen-bond donors (Lipinski definition) is 1. The Morgan fingerprint density at radius 3 is 2.52 bits per heavy atom. The summed E-state index contributed by atoms with van der Waals surface area (Å²) in [6, 6.07) is 24.9. The first-order valence-electron chi connectivity index (χ1n) is 8.56. The predicted octanol–water partition coefficient (Wildman–Crippen LogP) is 5.88. The van der Waals surface area contributed by atoms with Crippen molar-refractivity contribution < 1.29 is 13.9 Å². The SMILES string of the molecule is O=C(/C=C/c1ccco1)Nc1ccc(Oc2cccc3ccccc23)cc1. The van der Waals surface area contributed by atoms with Crippen molar-refractivity contribution in [3.63, 3.8) is 0 Å². The lowest BCUT2D eigenvalue weighted by atomic mass is 10.1. The molecular formula is C23H17NO3. The molecule has 0 aliphatic heterocycles. The lowest BCUT2D eigenvalue weighted by Gasteiger charge is -2.10. The summed E-state index contributed by atoms with van der Waals surface area (Å²) in [5.41, 5.74) is 0.689. The molecule has 132 valence electrons. The number of carbonyl (C=O) groups is 1. The molecule has 0 radical (unpaired) electrons. The first kappa shape index (κ1) is 16.7. The predicted molar refractivity (Wildman–Crippen MR) is 107 cm³/mol. The zero-order valence-corrected chi connectivity index (χ0v) is 14.5. The largest absolute Gasteiger partial charge is 0.465 e. The summed E-state index contributed by atoms with van der Waals surface area (Å²) >= 11 is 0. The van der Waals surface area contributed by atoms with Gasteiger partial charge in [0.2, 0.25) is 5.91 Å². The lowest BCUT2D eigenvalue weighted by Crippen LogP contribution is -2.07. The quantitative estimate of drug-likeness (QED) is 0.455. The third kappa shape index (κ3) is 4.07. The van der Waals surface area contributed by atoms with Crippen LogP contribution in [0.2, 0.25) is 0 Å². The molecule has 4 heteroatoms. The van der Waals surface area contributed by atoms with Crippen LogP contribution in [0.4, 0.5) is 5.69 Å². The van der Waals surface area contributed by atoms with Gasteiger partial charge in [-0.3, -0.25) is 4.79 Å². The topological polar surface area (TPSA) is 51.5 Å². The third-order valence-corrected chi connectivity index (χ3v) is 4.04. The van der Waals surface area contributed by atoms with Crippen LogP contribution in [0.25, 0.3) is 16.8 Å². The second-order valence-corrected chi connectivity index (χ2v) is 5.94. The fourth-order valence-electron chi connectivity index (χ4n) is 2.75. The monoisotopic (exact) mass is 355 g/mol. The first-order chi connectivity index (χ1) is 13.3. The van der Waals surface area contributed by atoms with Crippen LogP contribution in [0.5, 0.6) is 11.5 Å². The molecule has 3 aromatic carbocycles. The van der Waals surface area contributed by atoms with Gasteiger partial charge in [0.15, 0.2) is 0 Å². The molecule has 0 saturated heterocycles. The molecule has 0 spiro atoms. The van der Waals surface area contributed by atoms with E-state index >= 15 is 0 Å².